The minimum absolute atomic E-state index is 0.0975. The number of hydrogen-bond donors (Lipinski definition) is 2. The molecular weight excluding hydrogens is 240 g/mol. The number of nitro groups is 1. The normalized spacial score (nSPS) is 12.4. The van der Waals surface area contributed by atoms with E-state index in [1.165, 1.54) is 4.68 Å². The Balaban J connectivity index is 3.45. The highest BCUT2D eigenvalue weighted by molar-refractivity contribution is 5.72. The van der Waals surface area contributed by atoms with Crippen LogP contribution in [0.15, 0.2) is 0 Å². The van der Waals surface area contributed by atoms with Crippen molar-refractivity contribution >= 4 is 11.7 Å². The number of aryl methyl sites for hydroxylation is 1. The van der Waals surface area contributed by atoms with Gasteiger partial charge in [-0.1, -0.05) is 13.8 Å². The van der Waals surface area contributed by atoms with E-state index >= 15 is 0 Å². The van der Waals surface area contributed by atoms with Gasteiger partial charge in [-0.25, -0.2) is 9.48 Å². The summed E-state index contributed by atoms with van der Waals surface area (Å²) in [6, 6.07) is -1.07. The van der Waals surface area contributed by atoms with Gasteiger partial charge in [0, 0.05) is 6.54 Å². The minimum atomic E-state index is -1.15. The van der Waals surface area contributed by atoms with Crippen LogP contribution in [-0.4, -0.2) is 32.3 Å². The van der Waals surface area contributed by atoms with Gasteiger partial charge in [0.2, 0.25) is 0 Å². The van der Waals surface area contributed by atoms with Gasteiger partial charge in [0.1, 0.15) is 11.4 Å². The lowest BCUT2D eigenvalue weighted by molar-refractivity contribution is -0.386. The summed E-state index contributed by atoms with van der Waals surface area (Å²) >= 11 is 0. The van der Waals surface area contributed by atoms with E-state index < -0.39 is 16.9 Å². The van der Waals surface area contributed by atoms with Crippen LogP contribution in [0.3, 0.4) is 0 Å². The second kappa shape index (κ2) is 5.58. The van der Waals surface area contributed by atoms with Crippen molar-refractivity contribution in [2.24, 2.45) is 5.73 Å². The summed E-state index contributed by atoms with van der Waals surface area (Å²) in [6.45, 7) is 3.29. The first-order valence-electron chi connectivity index (χ1n) is 5.65. The smallest absolute Gasteiger partial charge is 0.329 e. The molecule has 0 bridgehead atoms. The molecule has 0 aromatic carbocycles. The molecule has 1 heterocycles. The predicted octanol–water partition coefficient (Wildman–Crippen LogP) is 0.500. The Morgan fingerprint density at radius 2 is 2.17 bits per heavy atom. The molecule has 0 amide bonds. The van der Waals surface area contributed by atoms with Crippen molar-refractivity contribution in [1.29, 1.82) is 0 Å². The van der Waals surface area contributed by atoms with Crippen molar-refractivity contribution < 1.29 is 14.8 Å². The number of carbonyl (C=O) groups is 1. The Hall–Kier alpha value is -1.96. The molecule has 0 saturated heterocycles. The first-order valence-corrected chi connectivity index (χ1v) is 5.65. The van der Waals surface area contributed by atoms with Crippen LogP contribution in [0.5, 0.6) is 0 Å². The highest BCUT2D eigenvalue weighted by atomic mass is 16.6. The van der Waals surface area contributed by atoms with Crippen LogP contribution >= 0.6 is 0 Å². The van der Waals surface area contributed by atoms with Crippen molar-refractivity contribution in [3.05, 3.63) is 21.5 Å². The van der Waals surface area contributed by atoms with Crippen LogP contribution in [-0.2, 0) is 17.6 Å². The number of aliphatic carboxylic acids is 1. The number of nitrogens with zero attached hydrogens (tertiary/aromatic N) is 3. The average Bonchev–Trinajstić information content (AvgIpc) is 2.68. The highest BCUT2D eigenvalue weighted by Crippen LogP contribution is 2.27. The van der Waals surface area contributed by atoms with Gasteiger partial charge >= 0.3 is 11.7 Å². The van der Waals surface area contributed by atoms with Gasteiger partial charge in [-0.2, -0.15) is 5.10 Å². The van der Waals surface area contributed by atoms with E-state index in [1.807, 2.05) is 0 Å². The Labute approximate surface area is 104 Å². The summed E-state index contributed by atoms with van der Waals surface area (Å²) in [5.74, 6) is -1.15. The van der Waals surface area contributed by atoms with Gasteiger partial charge in [-0.3, -0.25) is 10.1 Å². The fourth-order valence-corrected chi connectivity index (χ4v) is 1.85. The van der Waals surface area contributed by atoms with Crippen LogP contribution < -0.4 is 5.73 Å². The zero-order valence-corrected chi connectivity index (χ0v) is 10.3. The van der Waals surface area contributed by atoms with Crippen molar-refractivity contribution in [3.8, 4) is 0 Å². The fourth-order valence-electron chi connectivity index (χ4n) is 1.85. The summed E-state index contributed by atoms with van der Waals surface area (Å²) in [6.07, 6.45) is 0.695. The SMILES string of the molecule is CCc1nn(C(CN)C(=O)O)c(CC)c1[N+](=O)[O-]. The van der Waals surface area contributed by atoms with E-state index in [0.29, 0.717) is 18.5 Å². The van der Waals surface area contributed by atoms with E-state index in [1.54, 1.807) is 13.8 Å². The molecule has 18 heavy (non-hydrogen) atoms. The summed E-state index contributed by atoms with van der Waals surface area (Å²) < 4.78 is 1.17. The zero-order chi connectivity index (χ0) is 13.9. The van der Waals surface area contributed by atoms with E-state index in [0.717, 1.165) is 0 Å². The molecule has 8 nitrogen and oxygen atoms in total. The third-order valence-electron chi connectivity index (χ3n) is 2.71. The van der Waals surface area contributed by atoms with Crippen molar-refractivity contribution in [2.45, 2.75) is 32.7 Å². The molecule has 3 N–H and O–H groups in total. The van der Waals surface area contributed by atoms with Crippen LogP contribution in [0.2, 0.25) is 0 Å². The quantitative estimate of drug-likeness (QED) is 0.564. The molecule has 0 radical (unpaired) electrons. The molecule has 100 valence electrons. The summed E-state index contributed by atoms with van der Waals surface area (Å²) in [5, 5.41) is 24.1. The lowest BCUT2D eigenvalue weighted by Crippen LogP contribution is -2.29. The van der Waals surface area contributed by atoms with E-state index in [2.05, 4.69) is 5.10 Å². The molecule has 0 saturated carbocycles. The first-order chi connectivity index (χ1) is 8.47. The van der Waals surface area contributed by atoms with E-state index in [-0.39, 0.29) is 17.9 Å². The first kappa shape index (κ1) is 14.1. The molecule has 0 spiro atoms. The van der Waals surface area contributed by atoms with Gasteiger partial charge < -0.3 is 10.8 Å². The van der Waals surface area contributed by atoms with Gasteiger partial charge in [0.15, 0.2) is 6.04 Å². The molecule has 1 atom stereocenters. The van der Waals surface area contributed by atoms with Gasteiger partial charge in [0.25, 0.3) is 0 Å². The second-order valence-electron chi connectivity index (χ2n) is 3.74. The van der Waals surface area contributed by atoms with Gasteiger partial charge in [0.05, 0.1) is 4.92 Å². The van der Waals surface area contributed by atoms with Crippen molar-refractivity contribution in [1.82, 2.24) is 9.78 Å². The number of carboxylic acids is 1. The Kier molecular flexibility index (Phi) is 4.38. The number of nitrogens with two attached hydrogens (primary N) is 1. The summed E-state index contributed by atoms with van der Waals surface area (Å²) in [5.41, 5.74) is 5.89. The maximum Gasteiger partial charge on any atom is 0.329 e. The molecule has 1 aromatic rings. The molecule has 0 aliphatic heterocycles. The molecule has 0 aliphatic rings. The monoisotopic (exact) mass is 256 g/mol. The van der Waals surface area contributed by atoms with Crippen LogP contribution in [0.25, 0.3) is 0 Å². The number of rotatable bonds is 6. The lowest BCUT2D eigenvalue weighted by atomic mass is 10.2. The standard InChI is InChI=1S/C10H16N4O4/c1-3-6-9(14(17)18)7(4-2)13(12-6)8(5-11)10(15)16/h8H,3-5,11H2,1-2H3,(H,15,16). The zero-order valence-electron chi connectivity index (χ0n) is 10.3. The maximum atomic E-state index is 11.1. The number of hydrogen-bond acceptors (Lipinski definition) is 5. The Bertz CT molecular complexity index is 469. The van der Waals surface area contributed by atoms with E-state index in [4.69, 9.17) is 10.8 Å². The molecule has 8 heteroatoms. The van der Waals surface area contributed by atoms with Crippen molar-refractivity contribution in [3.63, 3.8) is 0 Å². The third kappa shape index (κ3) is 2.33. The van der Waals surface area contributed by atoms with Crippen LogP contribution in [0.4, 0.5) is 5.69 Å². The minimum Gasteiger partial charge on any atom is -0.480 e. The molecule has 0 fully saturated rings. The Morgan fingerprint density at radius 3 is 2.50 bits per heavy atom. The average molecular weight is 256 g/mol. The number of carboxylic acid groups (broad SMARTS) is 1. The van der Waals surface area contributed by atoms with Gasteiger partial charge in [-0.05, 0) is 12.8 Å². The molecule has 1 rings (SSSR count). The topological polar surface area (TPSA) is 124 Å². The largest absolute Gasteiger partial charge is 0.480 e. The van der Waals surface area contributed by atoms with Crippen molar-refractivity contribution in [2.75, 3.05) is 6.54 Å². The summed E-state index contributed by atoms with van der Waals surface area (Å²) in [4.78, 5) is 21.6. The predicted molar refractivity (Wildman–Crippen MR) is 63.4 cm³/mol. The van der Waals surface area contributed by atoms with Crippen LogP contribution in [0.1, 0.15) is 31.3 Å². The number of aromatic nitrogens is 2. The lowest BCUT2D eigenvalue weighted by Gasteiger charge is -2.12. The van der Waals surface area contributed by atoms with E-state index in [9.17, 15) is 14.9 Å². The second-order valence-corrected chi connectivity index (χ2v) is 3.74. The molecule has 0 aliphatic carbocycles. The molecule has 1 aromatic heterocycles. The molecular formula is C10H16N4O4. The van der Waals surface area contributed by atoms with Gasteiger partial charge in [-0.15, -0.1) is 0 Å². The Morgan fingerprint density at radius 1 is 1.56 bits per heavy atom. The van der Waals surface area contributed by atoms with Crippen LogP contribution in [0, 0.1) is 10.1 Å². The molecule has 1 unspecified atom stereocenters. The third-order valence-corrected chi connectivity index (χ3v) is 2.71. The fraction of sp³-hybridized carbons (Fsp3) is 0.600. The summed E-state index contributed by atoms with van der Waals surface area (Å²) in [7, 11) is 0. The highest BCUT2D eigenvalue weighted by Gasteiger charge is 2.30. The maximum absolute atomic E-state index is 11.1.